The van der Waals surface area contributed by atoms with E-state index in [1.807, 2.05) is 0 Å². The monoisotopic (exact) mass is 382 g/mol. The van der Waals surface area contributed by atoms with Crippen LogP contribution < -0.4 is 10.0 Å². The zero-order valence-electron chi connectivity index (χ0n) is 15.3. The molecule has 1 fully saturated rings. The molecule has 0 unspecified atom stereocenters. The van der Waals surface area contributed by atoms with Gasteiger partial charge < -0.3 is 10.4 Å². The van der Waals surface area contributed by atoms with E-state index in [0.29, 0.717) is 30.0 Å². The summed E-state index contributed by atoms with van der Waals surface area (Å²) in [5, 5.41) is 12.4. The second-order valence-corrected chi connectivity index (χ2v) is 8.85. The van der Waals surface area contributed by atoms with E-state index in [9.17, 15) is 23.1 Å². The number of hydrogen-bond donors (Lipinski definition) is 3. The Morgan fingerprint density at radius 2 is 1.88 bits per heavy atom. The molecule has 1 aromatic carbocycles. The first kappa shape index (κ1) is 20.2. The van der Waals surface area contributed by atoms with Crippen molar-refractivity contribution in [3.05, 3.63) is 29.3 Å². The van der Waals surface area contributed by atoms with Gasteiger partial charge in [-0.2, -0.15) is 0 Å². The third kappa shape index (κ3) is 4.75. The molecule has 0 spiro atoms. The number of amides is 1. The molecule has 1 aliphatic carbocycles. The van der Waals surface area contributed by atoms with Crippen molar-refractivity contribution in [3.63, 3.8) is 0 Å². The summed E-state index contributed by atoms with van der Waals surface area (Å²) in [6.45, 7) is 3.81. The van der Waals surface area contributed by atoms with Gasteiger partial charge in [0.25, 0.3) is 5.91 Å². The van der Waals surface area contributed by atoms with Crippen LogP contribution in [0.1, 0.15) is 54.9 Å². The zero-order chi connectivity index (χ0) is 19.5. The largest absolute Gasteiger partial charge is 0.480 e. The number of nitrogens with one attached hydrogen (secondary N) is 2. The molecule has 144 valence electrons. The smallest absolute Gasteiger partial charge is 0.329 e. The molecule has 7 nitrogen and oxygen atoms in total. The van der Waals surface area contributed by atoms with Crippen molar-refractivity contribution in [3.8, 4) is 0 Å². The molecule has 0 saturated heterocycles. The van der Waals surface area contributed by atoms with Crippen LogP contribution in [0.3, 0.4) is 0 Å². The minimum Gasteiger partial charge on any atom is -0.480 e. The fraction of sp³-hybridized carbons (Fsp3) is 0.556. The number of carbonyl (C=O) groups excluding carboxylic acids is 1. The second-order valence-electron chi connectivity index (χ2n) is 7.10. The number of aryl methyl sites for hydroxylation is 1. The highest BCUT2D eigenvalue weighted by molar-refractivity contribution is 7.92. The van der Waals surface area contributed by atoms with Crippen molar-refractivity contribution in [2.24, 2.45) is 5.92 Å². The number of rotatable bonds is 6. The van der Waals surface area contributed by atoms with Crippen molar-refractivity contribution in [2.45, 2.75) is 51.5 Å². The van der Waals surface area contributed by atoms with Crippen molar-refractivity contribution >= 4 is 27.6 Å². The predicted octanol–water partition coefficient (Wildman–Crippen LogP) is 2.52. The van der Waals surface area contributed by atoms with Gasteiger partial charge in [-0.05, 0) is 56.2 Å². The lowest BCUT2D eigenvalue weighted by molar-refractivity contribution is -0.146. The van der Waals surface area contributed by atoms with Crippen LogP contribution in [-0.2, 0) is 14.8 Å². The molecule has 1 aromatic rings. The van der Waals surface area contributed by atoms with Crippen LogP contribution in [0.2, 0.25) is 0 Å². The summed E-state index contributed by atoms with van der Waals surface area (Å²) < 4.78 is 25.3. The topological polar surface area (TPSA) is 113 Å². The Balaban J connectivity index is 2.22. The molecule has 26 heavy (non-hydrogen) atoms. The summed E-state index contributed by atoms with van der Waals surface area (Å²) in [7, 11) is -3.48. The lowest BCUT2D eigenvalue weighted by Crippen LogP contribution is -2.56. The van der Waals surface area contributed by atoms with Crippen LogP contribution in [0.4, 0.5) is 5.69 Å². The van der Waals surface area contributed by atoms with Gasteiger partial charge in [0.2, 0.25) is 10.0 Å². The minimum absolute atomic E-state index is 0.222. The van der Waals surface area contributed by atoms with Crippen molar-refractivity contribution in [1.82, 2.24) is 5.32 Å². The highest BCUT2D eigenvalue weighted by Crippen LogP contribution is 2.34. The number of sulfonamides is 1. The maximum absolute atomic E-state index is 12.7. The van der Waals surface area contributed by atoms with E-state index in [0.717, 1.165) is 25.5 Å². The van der Waals surface area contributed by atoms with Gasteiger partial charge in [0, 0.05) is 5.56 Å². The first-order valence-corrected chi connectivity index (χ1v) is 10.6. The molecule has 0 bridgehead atoms. The molecule has 2 rings (SSSR count). The maximum atomic E-state index is 12.7. The number of carboxylic acids is 1. The molecule has 0 radical (unpaired) electrons. The van der Waals surface area contributed by atoms with E-state index in [-0.39, 0.29) is 5.56 Å². The Hall–Kier alpha value is -2.09. The number of carbonyl (C=O) groups is 2. The van der Waals surface area contributed by atoms with Crippen molar-refractivity contribution < 1.29 is 23.1 Å². The number of benzene rings is 1. The van der Waals surface area contributed by atoms with Gasteiger partial charge in [-0.25, -0.2) is 13.2 Å². The molecule has 0 aliphatic heterocycles. The van der Waals surface area contributed by atoms with E-state index < -0.39 is 27.4 Å². The van der Waals surface area contributed by atoms with Gasteiger partial charge in [0.15, 0.2) is 0 Å². The van der Waals surface area contributed by atoms with Gasteiger partial charge in [-0.1, -0.05) is 19.4 Å². The Bertz CT molecular complexity index is 796. The summed E-state index contributed by atoms with van der Waals surface area (Å²) in [4.78, 5) is 24.5. The Labute approximate surface area is 154 Å². The fourth-order valence-electron chi connectivity index (χ4n) is 3.33. The normalized spacial score (nSPS) is 23.3. The first-order valence-electron chi connectivity index (χ1n) is 8.70. The molecule has 0 atom stereocenters. The Morgan fingerprint density at radius 3 is 2.38 bits per heavy atom. The highest BCUT2D eigenvalue weighted by Gasteiger charge is 2.43. The van der Waals surface area contributed by atoms with E-state index in [4.69, 9.17) is 0 Å². The number of carboxylic acid groups (broad SMARTS) is 1. The van der Waals surface area contributed by atoms with Crippen molar-refractivity contribution in [1.29, 1.82) is 0 Å². The van der Waals surface area contributed by atoms with E-state index in [1.54, 1.807) is 19.1 Å². The fourth-order valence-corrected chi connectivity index (χ4v) is 3.95. The van der Waals surface area contributed by atoms with Gasteiger partial charge in [-0.15, -0.1) is 0 Å². The number of aliphatic carboxylic acids is 1. The molecule has 0 aromatic heterocycles. The SMILES string of the molecule is CCC1CCC(NC(=O)c2ccc(C)c(NS(C)(=O)=O)c2)(C(=O)O)CC1. The average Bonchev–Trinajstić information content (AvgIpc) is 2.56. The van der Waals surface area contributed by atoms with Crippen LogP contribution in [0.5, 0.6) is 0 Å². The summed E-state index contributed by atoms with van der Waals surface area (Å²) >= 11 is 0. The third-order valence-electron chi connectivity index (χ3n) is 5.09. The second kappa shape index (κ2) is 7.65. The van der Waals surface area contributed by atoms with Crippen LogP contribution in [-0.4, -0.2) is 37.2 Å². The van der Waals surface area contributed by atoms with Gasteiger partial charge in [0.1, 0.15) is 5.54 Å². The summed E-state index contributed by atoms with van der Waals surface area (Å²) in [6, 6.07) is 4.62. The molecule has 1 saturated carbocycles. The molecular formula is C18H26N2O5S. The number of hydrogen-bond acceptors (Lipinski definition) is 4. The lowest BCUT2D eigenvalue weighted by atomic mass is 9.75. The summed E-state index contributed by atoms with van der Waals surface area (Å²) in [5.41, 5.74) is -0.0690. The summed E-state index contributed by atoms with van der Waals surface area (Å²) in [6.07, 6.45) is 4.35. The Kier molecular flexibility index (Phi) is 5.95. The molecule has 1 amide bonds. The Morgan fingerprint density at radius 1 is 1.27 bits per heavy atom. The van der Waals surface area contributed by atoms with Gasteiger partial charge in [-0.3, -0.25) is 9.52 Å². The first-order chi connectivity index (χ1) is 12.1. The van der Waals surface area contributed by atoms with Crippen molar-refractivity contribution in [2.75, 3.05) is 11.0 Å². The molecular weight excluding hydrogens is 356 g/mol. The highest BCUT2D eigenvalue weighted by atomic mass is 32.2. The minimum atomic E-state index is -3.48. The predicted molar refractivity (Wildman–Crippen MR) is 99.7 cm³/mol. The quantitative estimate of drug-likeness (QED) is 0.700. The summed E-state index contributed by atoms with van der Waals surface area (Å²) in [5.74, 6) is -1.05. The van der Waals surface area contributed by atoms with Crippen LogP contribution in [0.25, 0.3) is 0 Å². The molecule has 0 heterocycles. The lowest BCUT2D eigenvalue weighted by Gasteiger charge is -2.37. The number of anilines is 1. The molecule has 8 heteroatoms. The third-order valence-corrected chi connectivity index (χ3v) is 5.68. The maximum Gasteiger partial charge on any atom is 0.329 e. The standard InChI is InChI=1S/C18H26N2O5S/c1-4-13-7-9-18(10-8-13,17(22)23)19-16(21)14-6-5-12(2)15(11-14)20-26(3,24)25/h5-6,11,13,20H,4,7-10H2,1-3H3,(H,19,21)(H,22,23). The average molecular weight is 382 g/mol. The van der Waals surface area contributed by atoms with E-state index in [2.05, 4.69) is 17.0 Å². The van der Waals surface area contributed by atoms with Crippen LogP contribution in [0, 0.1) is 12.8 Å². The van der Waals surface area contributed by atoms with Crippen LogP contribution >= 0.6 is 0 Å². The van der Waals surface area contributed by atoms with Crippen LogP contribution in [0.15, 0.2) is 18.2 Å². The molecule has 3 N–H and O–H groups in total. The van der Waals surface area contributed by atoms with Gasteiger partial charge >= 0.3 is 5.97 Å². The van der Waals surface area contributed by atoms with E-state index >= 15 is 0 Å². The van der Waals surface area contributed by atoms with Gasteiger partial charge in [0.05, 0.1) is 11.9 Å². The van der Waals surface area contributed by atoms with E-state index in [1.165, 1.54) is 6.07 Å². The molecule has 1 aliphatic rings. The zero-order valence-corrected chi connectivity index (χ0v) is 16.1.